The second-order valence-corrected chi connectivity index (χ2v) is 15.8. The van der Waals surface area contributed by atoms with Crippen LogP contribution in [0.25, 0.3) is 11.1 Å². The first kappa shape index (κ1) is 46.0. The Bertz CT molecular complexity index is 1870. The summed E-state index contributed by atoms with van der Waals surface area (Å²) < 4.78 is 104. The van der Waals surface area contributed by atoms with E-state index in [4.69, 9.17) is 4.74 Å². The molecule has 0 aliphatic heterocycles. The van der Waals surface area contributed by atoms with E-state index in [1.54, 1.807) is 18.2 Å². The summed E-state index contributed by atoms with van der Waals surface area (Å²) in [5, 5.41) is 0. The Labute approximate surface area is 315 Å². The van der Waals surface area contributed by atoms with E-state index in [0.29, 0.717) is 12.0 Å². The second-order valence-electron chi connectivity index (χ2n) is 14.3. The number of carbonyl (C=O) groups excluding carboxylic acids is 2. The molecule has 2 aliphatic rings. The van der Waals surface area contributed by atoms with Gasteiger partial charge in [-0.15, -0.1) is 0 Å². The summed E-state index contributed by atoms with van der Waals surface area (Å²) in [6.07, 6.45) is 5.57. The Hall–Kier alpha value is -4.20. The Balaban J connectivity index is 0.000000361. The van der Waals surface area contributed by atoms with Gasteiger partial charge in [-0.2, -0.15) is 30.4 Å². The number of hydrogen-bond acceptors (Lipinski definition) is 8. The second kappa shape index (κ2) is 18.0. The summed E-state index contributed by atoms with van der Waals surface area (Å²) in [4.78, 5) is 23.8. The smallest absolute Gasteiger partial charge is 0.465 e. The third kappa shape index (κ3) is 10.5. The van der Waals surface area contributed by atoms with Crippen LogP contribution in [0.2, 0.25) is 0 Å². The maximum Gasteiger partial charge on any atom is 0.534 e. The molecule has 3 aromatic rings. The van der Waals surface area contributed by atoms with Crippen LogP contribution in [0.4, 0.5) is 22.0 Å². The Kier molecular flexibility index (Phi) is 15.3. The number of halogens is 5. The van der Waals surface area contributed by atoms with Crippen molar-refractivity contribution in [1.82, 2.24) is 0 Å². The van der Waals surface area contributed by atoms with Gasteiger partial charge in [0.2, 0.25) is 0 Å². The van der Waals surface area contributed by atoms with Crippen molar-refractivity contribution in [2.75, 3.05) is 14.2 Å². The van der Waals surface area contributed by atoms with Crippen molar-refractivity contribution in [2.24, 2.45) is 10.8 Å². The molecule has 300 valence electrons. The van der Waals surface area contributed by atoms with Gasteiger partial charge in [-0.1, -0.05) is 73.6 Å². The van der Waals surface area contributed by atoms with Crippen molar-refractivity contribution >= 4 is 22.1 Å². The molecular weight excluding hydrogens is 735 g/mol. The molecule has 8 nitrogen and oxygen atoms in total. The van der Waals surface area contributed by atoms with Crippen LogP contribution in [0.3, 0.4) is 0 Å². The van der Waals surface area contributed by atoms with Gasteiger partial charge >= 0.3 is 34.2 Å². The van der Waals surface area contributed by atoms with Gasteiger partial charge in [-0.25, -0.2) is 9.59 Å². The number of esters is 2. The van der Waals surface area contributed by atoms with Gasteiger partial charge < -0.3 is 18.4 Å². The molecule has 3 aromatic carbocycles. The summed E-state index contributed by atoms with van der Waals surface area (Å²) >= 11 is 0. The van der Waals surface area contributed by atoms with Crippen LogP contribution >= 0.6 is 0 Å². The molecule has 0 radical (unpaired) electrons. The van der Waals surface area contributed by atoms with Crippen molar-refractivity contribution in [3.8, 4) is 22.6 Å². The minimum absolute atomic E-state index is 0. The molecule has 2 aliphatic carbocycles. The number of carbonyl (C=O) groups is 2. The summed E-state index contributed by atoms with van der Waals surface area (Å²) in [7, 11) is -3.25. The third-order valence-corrected chi connectivity index (χ3v) is 11.0. The van der Waals surface area contributed by atoms with E-state index in [9.17, 15) is 40.0 Å². The normalized spacial score (nSPS) is 18.7. The van der Waals surface area contributed by atoms with Crippen LogP contribution in [0, 0.1) is 10.8 Å². The Morgan fingerprint density at radius 3 is 1.72 bits per heavy atom. The number of methoxy groups -OCH3 is 2. The highest BCUT2D eigenvalue weighted by molar-refractivity contribution is 7.88. The number of alkyl halides is 5. The highest BCUT2D eigenvalue weighted by Gasteiger charge is 2.49. The largest absolute Gasteiger partial charge is 0.534 e. The molecule has 0 amide bonds. The van der Waals surface area contributed by atoms with Gasteiger partial charge in [-0.05, 0) is 108 Å². The fourth-order valence-electron chi connectivity index (χ4n) is 7.31. The first-order valence-electron chi connectivity index (χ1n) is 16.7. The maximum absolute atomic E-state index is 12.7. The first-order valence-corrected chi connectivity index (χ1v) is 18.1. The van der Waals surface area contributed by atoms with Gasteiger partial charge in [0.25, 0.3) is 0 Å². The van der Waals surface area contributed by atoms with Crippen LogP contribution in [-0.2, 0) is 19.6 Å². The molecule has 2 fully saturated rings. The fourth-order valence-corrected chi connectivity index (χ4v) is 7.79. The van der Waals surface area contributed by atoms with E-state index in [1.807, 2.05) is 32.0 Å². The molecule has 0 N–H and O–H groups in total. The van der Waals surface area contributed by atoms with Crippen molar-refractivity contribution in [3.63, 3.8) is 0 Å². The molecule has 0 saturated heterocycles. The van der Waals surface area contributed by atoms with E-state index >= 15 is 0 Å². The van der Waals surface area contributed by atoms with Crippen LogP contribution in [0.1, 0.15) is 125 Å². The fraction of sp³-hybridized carbons (Fsp3) is 0.500. The molecule has 14 heteroatoms. The number of benzene rings is 3. The van der Waals surface area contributed by atoms with Gasteiger partial charge in [0.05, 0.1) is 25.3 Å². The number of hydrogen-bond donors (Lipinski definition) is 0. The highest BCUT2D eigenvalue weighted by atomic mass is 32.2. The van der Waals surface area contributed by atoms with Gasteiger partial charge in [0.15, 0.2) is 0 Å². The lowest BCUT2D eigenvalue weighted by atomic mass is 9.75. The van der Waals surface area contributed by atoms with E-state index in [2.05, 4.69) is 27.5 Å². The lowest BCUT2D eigenvalue weighted by molar-refractivity contribution is -0.0505. The predicted molar refractivity (Wildman–Crippen MR) is 197 cm³/mol. The van der Waals surface area contributed by atoms with E-state index in [1.165, 1.54) is 32.4 Å². The van der Waals surface area contributed by atoms with E-state index in [0.717, 1.165) is 54.9 Å². The molecule has 0 bridgehead atoms. The van der Waals surface area contributed by atoms with Gasteiger partial charge in [0.1, 0.15) is 11.5 Å². The Morgan fingerprint density at radius 1 is 0.759 bits per heavy atom. The van der Waals surface area contributed by atoms with Gasteiger partial charge in [0, 0.05) is 5.56 Å². The predicted octanol–water partition coefficient (Wildman–Crippen LogP) is 11.3. The van der Waals surface area contributed by atoms with Crippen LogP contribution in [0.15, 0.2) is 60.7 Å². The molecule has 2 unspecified atom stereocenters. The quantitative estimate of drug-likeness (QED) is 0.0914. The van der Waals surface area contributed by atoms with Crippen LogP contribution in [-0.4, -0.2) is 46.7 Å². The number of ether oxygens (including phenoxy) is 3. The SMILES string of the molecule is C.C.COC(=O)c1ccc(-c2cccc(OC(F)F)c2)c(C2CCCC2(C)C)c1.COC(=O)c1ccc(OS(=O)(=O)C(F)(F)F)c(C2CCCC2(C)C)c1. The molecule has 0 aromatic heterocycles. The Morgan fingerprint density at radius 2 is 1.26 bits per heavy atom. The molecule has 54 heavy (non-hydrogen) atoms. The summed E-state index contributed by atoms with van der Waals surface area (Å²) in [5.74, 6) is -1.30. The van der Waals surface area contributed by atoms with Crippen molar-refractivity contribution in [3.05, 3.63) is 82.9 Å². The lowest BCUT2D eigenvalue weighted by Crippen LogP contribution is -2.29. The highest BCUT2D eigenvalue weighted by Crippen LogP contribution is 2.52. The molecule has 0 spiro atoms. The number of rotatable bonds is 9. The molecule has 2 saturated carbocycles. The first-order chi connectivity index (χ1) is 24.2. The van der Waals surface area contributed by atoms with Crippen molar-refractivity contribution in [2.45, 2.75) is 105 Å². The average molecular weight is 787 g/mol. The van der Waals surface area contributed by atoms with Crippen molar-refractivity contribution < 1.29 is 58.4 Å². The molecular formula is C40H51F5O8S. The van der Waals surface area contributed by atoms with Gasteiger partial charge in [-0.3, -0.25) is 0 Å². The minimum Gasteiger partial charge on any atom is -0.465 e. The molecule has 0 heterocycles. The lowest BCUT2D eigenvalue weighted by Gasteiger charge is -2.29. The standard InChI is InChI=1S/C22H24F2O3.C16H19F3O5S.2CH4/c1-22(2)11-5-8-19(22)18-13-15(20(25)26-3)9-10-17(18)14-6-4-7-16(12-14)27-21(23)24;1-15(2)8-4-5-12(15)11-9-10(14(20)23-3)6-7-13(11)24-25(21,22)16(17,18)19;;/h4,6-7,9-10,12-13,19,21H,5,8,11H2,1-3H3;6-7,9,12H,4-5,8H2,1-3H3;2*1H4. The van der Waals surface area contributed by atoms with Crippen molar-refractivity contribution in [1.29, 1.82) is 0 Å². The zero-order valence-electron chi connectivity index (χ0n) is 29.8. The maximum atomic E-state index is 12.7. The minimum atomic E-state index is -5.79. The molecule has 2 atom stereocenters. The summed E-state index contributed by atoms with van der Waals surface area (Å²) in [5.41, 5.74) is -2.04. The average Bonchev–Trinajstić information content (AvgIpc) is 3.62. The van der Waals surface area contributed by atoms with E-state index in [-0.39, 0.29) is 60.4 Å². The summed E-state index contributed by atoms with van der Waals surface area (Å²) in [6.45, 7) is 5.48. The monoisotopic (exact) mass is 786 g/mol. The zero-order valence-corrected chi connectivity index (χ0v) is 30.6. The third-order valence-electron chi connectivity index (χ3n) is 10.0. The summed E-state index contributed by atoms with van der Waals surface area (Å²) in [6, 6.07) is 15.8. The molecule has 5 rings (SSSR count). The topological polar surface area (TPSA) is 105 Å². The van der Waals surface area contributed by atoms with Crippen LogP contribution in [0.5, 0.6) is 11.5 Å². The zero-order chi connectivity index (χ0) is 38.6. The van der Waals surface area contributed by atoms with Crippen LogP contribution < -0.4 is 8.92 Å². The van der Waals surface area contributed by atoms with E-state index < -0.39 is 34.0 Å².